The van der Waals surface area contributed by atoms with Crippen molar-refractivity contribution in [1.82, 2.24) is 5.32 Å². The minimum atomic E-state index is -4.15. The molecule has 1 rings (SSSR count). The van der Waals surface area contributed by atoms with Gasteiger partial charge in [0.05, 0.1) is 10.3 Å². The minimum Gasteiger partial charge on any atom is -0.301 e. The average molecular weight is 288 g/mol. The monoisotopic (exact) mass is 287 g/mol. The van der Waals surface area contributed by atoms with E-state index in [4.69, 9.17) is 0 Å². The Hall–Kier alpha value is -0.0700. The third-order valence-electron chi connectivity index (χ3n) is 1.63. The van der Waals surface area contributed by atoms with Crippen molar-refractivity contribution in [1.29, 1.82) is 0 Å². The molecule has 0 saturated carbocycles. The molecule has 0 radical (unpaired) electrons. The maximum Gasteiger partial charge on any atom is 0.401 e. The quantitative estimate of drug-likeness (QED) is 0.893. The van der Waals surface area contributed by atoms with E-state index in [1.807, 2.05) is 12.1 Å². The highest BCUT2D eigenvalue weighted by Crippen LogP contribution is 2.27. The van der Waals surface area contributed by atoms with Gasteiger partial charge in [-0.25, -0.2) is 0 Å². The molecule has 0 saturated heterocycles. The molecule has 0 aliphatic carbocycles. The second-order valence-corrected chi connectivity index (χ2v) is 5.35. The Morgan fingerprint density at radius 1 is 1.50 bits per heavy atom. The molecule has 0 spiro atoms. The fraction of sp³-hybridized carbons (Fsp3) is 0.500. The predicted molar refractivity (Wildman–Crippen MR) is 54.5 cm³/mol. The van der Waals surface area contributed by atoms with Crippen LogP contribution in [-0.4, -0.2) is 12.7 Å². The van der Waals surface area contributed by atoms with Crippen molar-refractivity contribution in [3.05, 3.63) is 20.8 Å². The van der Waals surface area contributed by atoms with Crippen LogP contribution in [0.4, 0.5) is 13.2 Å². The molecule has 0 bridgehead atoms. The molecular formula is C8H9BrF3NS. The first-order valence-electron chi connectivity index (χ1n) is 3.94. The molecule has 80 valence electrons. The lowest BCUT2D eigenvalue weighted by Crippen LogP contribution is -2.30. The Morgan fingerprint density at radius 2 is 2.14 bits per heavy atom. The Kier molecular flexibility index (Phi) is 3.97. The number of thiophene rings is 1. The van der Waals surface area contributed by atoms with Crippen LogP contribution in [0.5, 0.6) is 0 Å². The number of halogens is 4. The van der Waals surface area contributed by atoms with Crippen LogP contribution in [0.1, 0.15) is 17.8 Å². The third kappa shape index (κ3) is 3.98. The van der Waals surface area contributed by atoms with Gasteiger partial charge in [0.15, 0.2) is 0 Å². The maximum absolute atomic E-state index is 11.9. The fourth-order valence-corrected chi connectivity index (χ4v) is 2.38. The molecule has 0 aromatic carbocycles. The van der Waals surface area contributed by atoms with E-state index in [0.29, 0.717) is 0 Å². The Morgan fingerprint density at radius 3 is 2.57 bits per heavy atom. The van der Waals surface area contributed by atoms with Gasteiger partial charge in [0, 0.05) is 10.9 Å². The summed E-state index contributed by atoms with van der Waals surface area (Å²) in [5, 5.41) is 2.42. The van der Waals surface area contributed by atoms with Crippen LogP contribution >= 0.6 is 27.3 Å². The van der Waals surface area contributed by atoms with Gasteiger partial charge in [-0.3, -0.25) is 0 Å². The number of hydrogen-bond donors (Lipinski definition) is 1. The van der Waals surface area contributed by atoms with E-state index in [1.54, 1.807) is 6.92 Å². The molecule has 1 unspecified atom stereocenters. The van der Waals surface area contributed by atoms with Gasteiger partial charge in [-0.05, 0) is 35.0 Å². The summed E-state index contributed by atoms with van der Waals surface area (Å²) in [5.41, 5.74) is 0. The summed E-state index contributed by atoms with van der Waals surface area (Å²) < 4.78 is 36.5. The SMILES string of the molecule is CC(NCC(F)(F)F)c1ccc(Br)s1. The average Bonchev–Trinajstić information content (AvgIpc) is 2.46. The van der Waals surface area contributed by atoms with Crippen molar-refractivity contribution in [2.75, 3.05) is 6.54 Å². The zero-order valence-corrected chi connectivity index (χ0v) is 9.76. The number of rotatable bonds is 3. The van der Waals surface area contributed by atoms with Gasteiger partial charge in [0.25, 0.3) is 0 Å². The second kappa shape index (κ2) is 4.63. The molecule has 1 aromatic heterocycles. The predicted octanol–water partition coefficient (Wildman–Crippen LogP) is 3.72. The van der Waals surface area contributed by atoms with Gasteiger partial charge < -0.3 is 5.32 Å². The molecule has 0 aliphatic heterocycles. The summed E-state index contributed by atoms with van der Waals surface area (Å²) in [5.74, 6) is 0. The van der Waals surface area contributed by atoms with Gasteiger partial charge in [-0.2, -0.15) is 13.2 Å². The molecule has 0 fully saturated rings. The van der Waals surface area contributed by atoms with Gasteiger partial charge in [0.1, 0.15) is 0 Å². The standard InChI is InChI=1S/C8H9BrF3NS/c1-5(13-4-8(10,11)12)6-2-3-7(9)14-6/h2-3,5,13H,4H2,1H3. The molecule has 1 atom stereocenters. The van der Waals surface area contributed by atoms with E-state index in [1.165, 1.54) is 11.3 Å². The lowest BCUT2D eigenvalue weighted by atomic mass is 10.3. The van der Waals surface area contributed by atoms with Crippen molar-refractivity contribution >= 4 is 27.3 Å². The van der Waals surface area contributed by atoms with E-state index < -0.39 is 12.7 Å². The van der Waals surface area contributed by atoms with Crippen molar-refractivity contribution in [2.24, 2.45) is 0 Å². The van der Waals surface area contributed by atoms with E-state index in [0.717, 1.165) is 8.66 Å². The van der Waals surface area contributed by atoms with Crippen LogP contribution in [0.15, 0.2) is 15.9 Å². The summed E-state index contributed by atoms with van der Waals surface area (Å²) in [7, 11) is 0. The lowest BCUT2D eigenvalue weighted by Gasteiger charge is -2.13. The minimum absolute atomic E-state index is 0.270. The smallest absolute Gasteiger partial charge is 0.301 e. The molecule has 0 amide bonds. The van der Waals surface area contributed by atoms with E-state index in [2.05, 4.69) is 21.2 Å². The molecule has 0 aliphatic rings. The number of nitrogens with one attached hydrogen (secondary N) is 1. The highest BCUT2D eigenvalue weighted by Gasteiger charge is 2.27. The van der Waals surface area contributed by atoms with Crippen LogP contribution in [0, 0.1) is 0 Å². The zero-order valence-electron chi connectivity index (χ0n) is 7.36. The van der Waals surface area contributed by atoms with Gasteiger partial charge in [0.2, 0.25) is 0 Å². The molecule has 1 aromatic rings. The Labute approximate surface area is 92.4 Å². The summed E-state index contributed by atoms with van der Waals surface area (Å²) in [6.07, 6.45) is -4.15. The second-order valence-electron chi connectivity index (χ2n) is 2.86. The van der Waals surface area contributed by atoms with Crippen LogP contribution in [0.3, 0.4) is 0 Å². The first-order chi connectivity index (χ1) is 6.38. The van der Waals surface area contributed by atoms with E-state index in [-0.39, 0.29) is 6.04 Å². The van der Waals surface area contributed by atoms with Crippen molar-refractivity contribution in [3.8, 4) is 0 Å². The fourth-order valence-electron chi connectivity index (χ4n) is 0.930. The van der Waals surface area contributed by atoms with Gasteiger partial charge in [-0.1, -0.05) is 0 Å². The van der Waals surface area contributed by atoms with Crippen LogP contribution in [0.25, 0.3) is 0 Å². The van der Waals surface area contributed by atoms with Crippen LogP contribution < -0.4 is 5.32 Å². The van der Waals surface area contributed by atoms with Gasteiger partial charge in [-0.15, -0.1) is 11.3 Å². The van der Waals surface area contributed by atoms with E-state index >= 15 is 0 Å². The van der Waals surface area contributed by atoms with E-state index in [9.17, 15) is 13.2 Å². The summed E-state index contributed by atoms with van der Waals surface area (Å²) in [6.45, 7) is 0.758. The van der Waals surface area contributed by atoms with Crippen molar-refractivity contribution < 1.29 is 13.2 Å². The molecule has 14 heavy (non-hydrogen) atoms. The number of hydrogen-bond acceptors (Lipinski definition) is 2. The van der Waals surface area contributed by atoms with Crippen molar-refractivity contribution in [3.63, 3.8) is 0 Å². The topological polar surface area (TPSA) is 12.0 Å². The third-order valence-corrected chi connectivity index (χ3v) is 3.44. The van der Waals surface area contributed by atoms with Crippen molar-refractivity contribution in [2.45, 2.75) is 19.1 Å². The zero-order chi connectivity index (χ0) is 10.8. The highest BCUT2D eigenvalue weighted by molar-refractivity contribution is 9.11. The molecule has 1 N–H and O–H groups in total. The first kappa shape index (κ1) is 12.0. The maximum atomic E-state index is 11.9. The molecule has 6 heteroatoms. The highest BCUT2D eigenvalue weighted by atomic mass is 79.9. The molecule has 1 nitrogen and oxygen atoms in total. The Bertz CT molecular complexity index is 297. The lowest BCUT2D eigenvalue weighted by molar-refractivity contribution is -0.126. The molecule has 1 heterocycles. The Balaban J connectivity index is 2.47. The van der Waals surface area contributed by atoms with Crippen LogP contribution in [0.2, 0.25) is 0 Å². The van der Waals surface area contributed by atoms with Crippen LogP contribution in [-0.2, 0) is 0 Å². The van der Waals surface area contributed by atoms with Gasteiger partial charge >= 0.3 is 6.18 Å². The molecular weight excluding hydrogens is 279 g/mol. The summed E-state index contributed by atoms with van der Waals surface area (Å²) >= 11 is 4.69. The number of alkyl halides is 3. The largest absolute Gasteiger partial charge is 0.401 e. The first-order valence-corrected chi connectivity index (χ1v) is 5.55. The normalized spacial score (nSPS) is 14.4. The summed E-state index contributed by atoms with van der Waals surface area (Å²) in [4.78, 5) is 0.890. The summed E-state index contributed by atoms with van der Waals surface area (Å²) in [6, 6.07) is 3.36.